The van der Waals surface area contributed by atoms with Crippen molar-refractivity contribution in [1.29, 1.82) is 0 Å². The second-order valence-corrected chi connectivity index (χ2v) is 7.77. The van der Waals surface area contributed by atoms with Crippen molar-refractivity contribution < 1.29 is 28.2 Å². The quantitative estimate of drug-likeness (QED) is 0.350. The topological polar surface area (TPSA) is 105 Å². The first-order chi connectivity index (χ1) is 16.8. The molecule has 0 fully saturated rings. The fourth-order valence-electron chi connectivity index (χ4n) is 3.67. The summed E-state index contributed by atoms with van der Waals surface area (Å²) in [6.45, 7) is 1.71. The molecule has 0 aliphatic rings. The van der Waals surface area contributed by atoms with Gasteiger partial charge in [-0.25, -0.2) is 18.6 Å². The molecule has 0 aliphatic heterocycles. The molecule has 2 heterocycles. The number of aromatic nitrogens is 2. The Bertz CT molecular complexity index is 1370. The van der Waals surface area contributed by atoms with Crippen molar-refractivity contribution in [3.63, 3.8) is 0 Å². The number of carboxylic acid groups (broad SMARTS) is 1. The summed E-state index contributed by atoms with van der Waals surface area (Å²) in [6, 6.07) is 15.2. The predicted molar refractivity (Wildman–Crippen MR) is 123 cm³/mol. The Balaban J connectivity index is 1.61. The molecule has 1 unspecified atom stereocenters. The summed E-state index contributed by atoms with van der Waals surface area (Å²) in [5.74, 6) is -2.26. The van der Waals surface area contributed by atoms with Crippen molar-refractivity contribution in [3.8, 4) is 5.75 Å². The lowest BCUT2D eigenvalue weighted by molar-refractivity contribution is 0.0928. The summed E-state index contributed by atoms with van der Waals surface area (Å²) < 4.78 is 34.7. The summed E-state index contributed by atoms with van der Waals surface area (Å²) in [5, 5.41) is 13.8. The van der Waals surface area contributed by atoms with E-state index in [1.54, 1.807) is 29.7 Å². The highest BCUT2D eigenvalue weighted by atomic mass is 19.2. The Kier molecular flexibility index (Phi) is 6.91. The zero-order valence-corrected chi connectivity index (χ0v) is 18.7. The summed E-state index contributed by atoms with van der Waals surface area (Å²) in [7, 11) is 0. The van der Waals surface area contributed by atoms with Gasteiger partial charge in [0.1, 0.15) is 12.3 Å². The van der Waals surface area contributed by atoms with Crippen LogP contribution in [0.15, 0.2) is 66.9 Å². The molecule has 0 aliphatic carbocycles. The number of nitrogens with zero attached hydrogens (tertiary/aromatic N) is 2. The molecular formula is C25H22F2N4O4. The van der Waals surface area contributed by atoms with Gasteiger partial charge in [-0.05, 0) is 42.3 Å². The van der Waals surface area contributed by atoms with Gasteiger partial charge in [0.05, 0.1) is 11.7 Å². The Morgan fingerprint density at radius 3 is 2.57 bits per heavy atom. The molecule has 0 radical (unpaired) electrons. The number of nitrogens with one attached hydrogen (secondary N) is 2. The van der Waals surface area contributed by atoms with Gasteiger partial charge in [0, 0.05) is 12.7 Å². The normalized spacial score (nSPS) is 11.7. The third-order valence-corrected chi connectivity index (χ3v) is 5.35. The molecule has 10 heteroatoms. The van der Waals surface area contributed by atoms with Crippen LogP contribution < -0.4 is 15.4 Å². The minimum Gasteiger partial charge on any atom is -0.485 e. The molecule has 8 nitrogen and oxygen atoms in total. The monoisotopic (exact) mass is 480 g/mol. The predicted octanol–water partition coefficient (Wildman–Crippen LogP) is 4.24. The lowest BCUT2D eigenvalue weighted by atomic mass is 10.1. The fourth-order valence-corrected chi connectivity index (χ4v) is 3.67. The van der Waals surface area contributed by atoms with E-state index in [0.29, 0.717) is 23.7 Å². The Labute approximate surface area is 199 Å². The number of carbonyl (C=O) groups excluding carboxylic acids is 1. The van der Waals surface area contributed by atoms with Crippen molar-refractivity contribution in [2.75, 3.05) is 6.54 Å². The van der Waals surface area contributed by atoms with Gasteiger partial charge < -0.3 is 20.5 Å². The number of imidazole rings is 1. The van der Waals surface area contributed by atoms with E-state index in [-0.39, 0.29) is 17.8 Å². The SMILES string of the molecule is Cc1nc2c(OCc3ccccc3)cccn2c1C(=O)NC(CNC(=O)O)c1ccc(F)c(F)c1. The fraction of sp³-hybridized carbons (Fsp3) is 0.160. The van der Waals surface area contributed by atoms with Crippen LogP contribution in [0, 0.1) is 18.6 Å². The van der Waals surface area contributed by atoms with E-state index < -0.39 is 29.7 Å². The summed E-state index contributed by atoms with van der Waals surface area (Å²) in [4.78, 5) is 28.8. The zero-order chi connectivity index (χ0) is 24.9. The van der Waals surface area contributed by atoms with Crippen LogP contribution in [0.5, 0.6) is 5.75 Å². The van der Waals surface area contributed by atoms with Crippen molar-refractivity contribution in [3.05, 3.63) is 101 Å². The number of hydrogen-bond donors (Lipinski definition) is 3. The molecule has 1 atom stereocenters. The van der Waals surface area contributed by atoms with E-state index in [1.807, 2.05) is 30.3 Å². The van der Waals surface area contributed by atoms with Gasteiger partial charge in [0.15, 0.2) is 23.0 Å². The van der Waals surface area contributed by atoms with E-state index >= 15 is 0 Å². The number of hydrogen-bond acceptors (Lipinski definition) is 4. The minimum atomic E-state index is -1.32. The number of carbonyl (C=O) groups is 2. The third-order valence-electron chi connectivity index (χ3n) is 5.35. The maximum absolute atomic E-state index is 13.8. The highest BCUT2D eigenvalue weighted by Crippen LogP contribution is 2.24. The second kappa shape index (κ2) is 10.2. The van der Waals surface area contributed by atoms with Crippen LogP contribution in [0.2, 0.25) is 0 Å². The minimum absolute atomic E-state index is 0.198. The number of benzene rings is 2. The average molecular weight is 480 g/mol. The van der Waals surface area contributed by atoms with E-state index in [0.717, 1.165) is 17.7 Å². The van der Waals surface area contributed by atoms with Gasteiger partial charge in [0.25, 0.3) is 5.91 Å². The van der Waals surface area contributed by atoms with Crippen LogP contribution in [-0.2, 0) is 6.61 Å². The van der Waals surface area contributed by atoms with Crippen LogP contribution in [0.1, 0.15) is 33.4 Å². The lowest BCUT2D eigenvalue weighted by Gasteiger charge is -2.19. The first-order valence-corrected chi connectivity index (χ1v) is 10.7. The van der Waals surface area contributed by atoms with Gasteiger partial charge in [-0.3, -0.25) is 9.20 Å². The number of ether oxygens (including phenoxy) is 1. The molecule has 0 spiro atoms. The van der Waals surface area contributed by atoms with Crippen molar-refractivity contribution in [2.24, 2.45) is 0 Å². The number of pyridine rings is 1. The summed E-state index contributed by atoms with van der Waals surface area (Å²) >= 11 is 0. The number of fused-ring (bicyclic) bond motifs is 1. The van der Waals surface area contributed by atoms with E-state index in [4.69, 9.17) is 9.84 Å². The molecular weight excluding hydrogens is 458 g/mol. The Morgan fingerprint density at radius 1 is 1.09 bits per heavy atom. The van der Waals surface area contributed by atoms with Crippen LogP contribution in [-0.4, -0.2) is 33.0 Å². The molecule has 0 saturated heterocycles. The molecule has 4 aromatic rings. The molecule has 2 aromatic carbocycles. The Morgan fingerprint density at radius 2 is 1.86 bits per heavy atom. The molecule has 4 rings (SSSR count). The third kappa shape index (κ3) is 5.37. The maximum Gasteiger partial charge on any atom is 0.404 e. The van der Waals surface area contributed by atoms with Gasteiger partial charge in [0.2, 0.25) is 0 Å². The molecule has 3 N–H and O–H groups in total. The highest BCUT2D eigenvalue weighted by molar-refractivity contribution is 5.95. The number of rotatable bonds is 8. The Hall–Kier alpha value is -4.47. The summed E-state index contributed by atoms with van der Waals surface area (Å²) in [5.41, 5.74) is 2.21. The first kappa shape index (κ1) is 23.7. The number of amides is 2. The van der Waals surface area contributed by atoms with E-state index in [9.17, 15) is 18.4 Å². The highest BCUT2D eigenvalue weighted by Gasteiger charge is 2.23. The molecule has 0 bridgehead atoms. The van der Waals surface area contributed by atoms with Crippen LogP contribution >= 0.6 is 0 Å². The van der Waals surface area contributed by atoms with Gasteiger partial charge >= 0.3 is 6.09 Å². The van der Waals surface area contributed by atoms with Crippen molar-refractivity contribution >= 4 is 17.6 Å². The molecule has 180 valence electrons. The zero-order valence-electron chi connectivity index (χ0n) is 18.7. The van der Waals surface area contributed by atoms with Crippen LogP contribution in [0.4, 0.5) is 13.6 Å². The average Bonchev–Trinajstić information content (AvgIpc) is 3.19. The first-order valence-electron chi connectivity index (χ1n) is 10.7. The summed E-state index contributed by atoms with van der Waals surface area (Å²) in [6.07, 6.45) is 0.333. The number of halogens is 2. The van der Waals surface area contributed by atoms with Crippen LogP contribution in [0.25, 0.3) is 5.65 Å². The van der Waals surface area contributed by atoms with E-state index in [2.05, 4.69) is 15.6 Å². The largest absolute Gasteiger partial charge is 0.485 e. The number of aryl methyl sites for hydroxylation is 1. The molecule has 2 amide bonds. The van der Waals surface area contributed by atoms with E-state index in [1.165, 1.54) is 6.07 Å². The van der Waals surface area contributed by atoms with Crippen molar-refractivity contribution in [2.45, 2.75) is 19.6 Å². The smallest absolute Gasteiger partial charge is 0.404 e. The maximum atomic E-state index is 13.8. The van der Waals surface area contributed by atoms with Crippen molar-refractivity contribution in [1.82, 2.24) is 20.0 Å². The molecule has 0 saturated carbocycles. The standard InChI is InChI=1S/C25H22F2N4O4/c1-15-22(24(32)30-20(13-28-25(33)34)17-9-10-18(26)19(27)12-17)31-11-5-8-21(23(31)29-15)35-14-16-6-3-2-4-7-16/h2-12,20,28H,13-14H2,1H3,(H,30,32)(H,33,34). The van der Waals surface area contributed by atoms with Crippen LogP contribution in [0.3, 0.4) is 0 Å². The molecule has 35 heavy (non-hydrogen) atoms. The molecule has 2 aromatic heterocycles. The van der Waals surface area contributed by atoms with Gasteiger partial charge in [-0.1, -0.05) is 36.4 Å². The van der Waals surface area contributed by atoms with Gasteiger partial charge in [-0.2, -0.15) is 0 Å². The van der Waals surface area contributed by atoms with Gasteiger partial charge in [-0.15, -0.1) is 0 Å². The second-order valence-electron chi connectivity index (χ2n) is 7.77. The lowest BCUT2D eigenvalue weighted by Crippen LogP contribution is -2.38.